The number of nitrogens with two attached hydrogens (primary N) is 1. The van der Waals surface area contributed by atoms with Crippen molar-refractivity contribution in [3.05, 3.63) is 35.1 Å². The molecule has 17 heavy (non-hydrogen) atoms. The van der Waals surface area contributed by atoms with Crippen LogP contribution in [0.5, 0.6) is 0 Å². The first-order chi connectivity index (χ1) is 7.86. The highest BCUT2D eigenvalue weighted by atomic mass is 19.4. The molecule has 0 atom stereocenters. The Kier molecular flexibility index (Phi) is 4.06. The summed E-state index contributed by atoms with van der Waals surface area (Å²) in [6.45, 7) is 0.181. The van der Waals surface area contributed by atoms with Crippen LogP contribution in [0.1, 0.15) is 15.9 Å². The van der Waals surface area contributed by atoms with E-state index in [0.29, 0.717) is 18.2 Å². The SMILES string of the molecule is NCCNC(=O)c1cc(C(F)(F)F)ccc1F. The molecular weight excluding hydrogens is 240 g/mol. The molecule has 0 aromatic heterocycles. The van der Waals surface area contributed by atoms with Crippen molar-refractivity contribution in [1.82, 2.24) is 5.32 Å². The second-order valence-corrected chi connectivity index (χ2v) is 3.24. The quantitative estimate of drug-likeness (QED) is 0.799. The summed E-state index contributed by atoms with van der Waals surface area (Å²) in [5.74, 6) is -1.92. The average Bonchev–Trinajstić information content (AvgIpc) is 2.24. The van der Waals surface area contributed by atoms with Gasteiger partial charge in [-0.1, -0.05) is 0 Å². The molecule has 0 bridgehead atoms. The van der Waals surface area contributed by atoms with Gasteiger partial charge in [0.05, 0.1) is 11.1 Å². The molecule has 0 aliphatic rings. The number of hydrogen-bond donors (Lipinski definition) is 2. The number of alkyl halides is 3. The minimum atomic E-state index is -4.61. The van der Waals surface area contributed by atoms with Crippen molar-refractivity contribution in [2.75, 3.05) is 13.1 Å². The third kappa shape index (κ3) is 3.42. The molecule has 0 unspecified atom stereocenters. The highest BCUT2D eigenvalue weighted by molar-refractivity contribution is 5.94. The molecule has 0 spiro atoms. The van der Waals surface area contributed by atoms with Crippen molar-refractivity contribution in [3.63, 3.8) is 0 Å². The Bertz CT molecular complexity index is 417. The first kappa shape index (κ1) is 13.4. The van der Waals surface area contributed by atoms with Gasteiger partial charge in [0, 0.05) is 13.1 Å². The lowest BCUT2D eigenvalue weighted by Crippen LogP contribution is -2.29. The van der Waals surface area contributed by atoms with E-state index in [4.69, 9.17) is 5.73 Å². The fraction of sp³-hybridized carbons (Fsp3) is 0.300. The van der Waals surface area contributed by atoms with Gasteiger partial charge in [0.15, 0.2) is 0 Å². The summed E-state index contributed by atoms with van der Waals surface area (Å²) in [7, 11) is 0. The van der Waals surface area contributed by atoms with Crippen LogP contribution in [0.3, 0.4) is 0 Å². The third-order valence-corrected chi connectivity index (χ3v) is 1.97. The summed E-state index contributed by atoms with van der Waals surface area (Å²) in [5, 5.41) is 2.20. The van der Waals surface area contributed by atoms with E-state index in [2.05, 4.69) is 5.32 Å². The van der Waals surface area contributed by atoms with E-state index in [1.165, 1.54) is 0 Å². The van der Waals surface area contributed by atoms with Crippen molar-refractivity contribution >= 4 is 5.91 Å². The fourth-order valence-electron chi connectivity index (χ4n) is 1.16. The van der Waals surface area contributed by atoms with Crippen molar-refractivity contribution in [2.24, 2.45) is 5.73 Å². The Morgan fingerprint density at radius 3 is 2.53 bits per heavy atom. The number of amides is 1. The molecule has 0 aliphatic carbocycles. The average molecular weight is 250 g/mol. The molecule has 0 radical (unpaired) electrons. The van der Waals surface area contributed by atoms with Crippen LogP contribution in [0.15, 0.2) is 18.2 Å². The van der Waals surface area contributed by atoms with Gasteiger partial charge in [-0.3, -0.25) is 4.79 Å². The van der Waals surface area contributed by atoms with Gasteiger partial charge in [-0.2, -0.15) is 13.2 Å². The summed E-state index contributed by atoms with van der Waals surface area (Å²) >= 11 is 0. The molecule has 1 aromatic rings. The molecule has 0 fully saturated rings. The summed E-state index contributed by atoms with van der Waals surface area (Å²) in [4.78, 5) is 11.3. The molecule has 3 nitrogen and oxygen atoms in total. The number of rotatable bonds is 3. The first-order valence-electron chi connectivity index (χ1n) is 4.71. The zero-order valence-electron chi connectivity index (χ0n) is 8.64. The second kappa shape index (κ2) is 5.13. The summed E-state index contributed by atoms with van der Waals surface area (Å²) in [6.07, 6.45) is -4.61. The Morgan fingerprint density at radius 2 is 2.00 bits per heavy atom. The maximum Gasteiger partial charge on any atom is 0.416 e. The van der Waals surface area contributed by atoms with Crippen LogP contribution < -0.4 is 11.1 Å². The molecular formula is C10H10F4N2O. The molecule has 94 valence electrons. The lowest BCUT2D eigenvalue weighted by Gasteiger charge is -2.09. The molecule has 3 N–H and O–H groups in total. The lowest BCUT2D eigenvalue weighted by molar-refractivity contribution is -0.137. The Balaban J connectivity index is 3.02. The Morgan fingerprint density at radius 1 is 1.35 bits per heavy atom. The number of hydrogen-bond acceptors (Lipinski definition) is 2. The highest BCUT2D eigenvalue weighted by Gasteiger charge is 2.31. The van der Waals surface area contributed by atoms with Gasteiger partial charge in [0.2, 0.25) is 0 Å². The van der Waals surface area contributed by atoms with E-state index >= 15 is 0 Å². The van der Waals surface area contributed by atoms with E-state index in [0.717, 1.165) is 0 Å². The maximum absolute atomic E-state index is 13.2. The van der Waals surface area contributed by atoms with Gasteiger partial charge in [0.25, 0.3) is 5.91 Å². The smallest absolute Gasteiger partial charge is 0.351 e. The van der Waals surface area contributed by atoms with Gasteiger partial charge in [0.1, 0.15) is 5.82 Å². The summed E-state index contributed by atoms with van der Waals surface area (Å²) in [6, 6.07) is 1.66. The monoisotopic (exact) mass is 250 g/mol. The largest absolute Gasteiger partial charge is 0.416 e. The molecule has 1 rings (SSSR count). The van der Waals surface area contributed by atoms with Crippen molar-refractivity contribution < 1.29 is 22.4 Å². The number of carbonyl (C=O) groups is 1. The van der Waals surface area contributed by atoms with E-state index in [-0.39, 0.29) is 13.1 Å². The van der Waals surface area contributed by atoms with Crippen molar-refractivity contribution in [1.29, 1.82) is 0 Å². The topological polar surface area (TPSA) is 55.1 Å². The van der Waals surface area contributed by atoms with Gasteiger partial charge < -0.3 is 11.1 Å². The lowest BCUT2D eigenvalue weighted by atomic mass is 10.1. The molecule has 0 aliphatic heterocycles. The van der Waals surface area contributed by atoms with Crippen LogP contribution >= 0.6 is 0 Å². The second-order valence-electron chi connectivity index (χ2n) is 3.24. The number of halogens is 4. The third-order valence-electron chi connectivity index (χ3n) is 1.97. The van der Waals surface area contributed by atoms with Crippen LogP contribution in [0.25, 0.3) is 0 Å². The van der Waals surface area contributed by atoms with Crippen LogP contribution in [0, 0.1) is 5.82 Å². The first-order valence-corrected chi connectivity index (χ1v) is 4.71. The summed E-state index contributed by atoms with van der Waals surface area (Å²) < 4.78 is 50.2. The van der Waals surface area contributed by atoms with Gasteiger partial charge in [-0.25, -0.2) is 4.39 Å². The standard InChI is InChI=1S/C10H10F4N2O/c11-8-2-1-6(10(12,13)14)5-7(8)9(17)16-4-3-15/h1-2,5H,3-4,15H2,(H,16,17). The normalized spacial score (nSPS) is 11.4. The summed E-state index contributed by atoms with van der Waals surface area (Å²) in [5.41, 5.74) is 3.39. The van der Waals surface area contributed by atoms with Crippen molar-refractivity contribution in [3.8, 4) is 0 Å². The molecule has 0 saturated carbocycles. The van der Waals surface area contributed by atoms with Crippen LogP contribution in [-0.2, 0) is 6.18 Å². The van der Waals surface area contributed by atoms with E-state index < -0.39 is 29.0 Å². The van der Waals surface area contributed by atoms with E-state index in [1.807, 2.05) is 0 Å². The van der Waals surface area contributed by atoms with Gasteiger partial charge in [-0.05, 0) is 18.2 Å². The number of benzene rings is 1. The van der Waals surface area contributed by atoms with Crippen LogP contribution in [0.4, 0.5) is 17.6 Å². The number of nitrogens with one attached hydrogen (secondary N) is 1. The predicted molar refractivity (Wildman–Crippen MR) is 52.8 cm³/mol. The minimum Gasteiger partial charge on any atom is -0.351 e. The molecule has 0 heterocycles. The van der Waals surface area contributed by atoms with Crippen LogP contribution in [0.2, 0.25) is 0 Å². The minimum absolute atomic E-state index is 0.0640. The number of carbonyl (C=O) groups excluding carboxylic acids is 1. The van der Waals surface area contributed by atoms with Crippen molar-refractivity contribution in [2.45, 2.75) is 6.18 Å². The zero-order valence-corrected chi connectivity index (χ0v) is 8.64. The fourth-order valence-corrected chi connectivity index (χ4v) is 1.16. The highest BCUT2D eigenvalue weighted by Crippen LogP contribution is 2.30. The van der Waals surface area contributed by atoms with E-state index in [1.54, 1.807) is 0 Å². The predicted octanol–water partition coefficient (Wildman–Crippen LogP) is 1.53. The van der Waals surface area contributed by atoms with Crippen LogP contribution in [-0.4, -0.2) is 19.0 Å². The zero-order chi connectivity index (χ0) is 13.1. The van der Waals surface area contributed by atoms with E-state index in [9.17, 15) is 22.4 Å². The molecule has 1 aromatic carbocycles. The van der Waals surface area contributed by atoms with Gasteiger partial charge >= 0.3 is 6.18 Å². The Labute approximate surface area is 94.6 Å². The maximum atomic E-state index is 13.2. The molecule has 0 saturated heterocycles. The Hall–Kier alpha value is -1.63. The molecule has 7 heteroatoms. The van der Waals surface area contributed by atoms with Gasteiger partial charge in [-0.15, -0.1) is 0 Å². The molecule has 1 amide bonds.